The van der Waals surface area contributed by atoms with Crippen LogP contribution >= 0.6 is 0 Å². The van der Waals surface area contributed by atoms with Gasteiger partial charge in [-0.05, 0) is 31.5 Å². The van der Waals surface area contributed by atoms with Gasteiger partial charge in [-0.1, -0.05) is 6.07 Å². The number of halogens is 2. The number of carbonyl (C=O) groups is 1. The monoisotopic (exact) mass is 340 g/mol. The van der Waals surface area contributed by atoms with E-state index >= 15 is 0 Å². The van der Waals surface area contributed by atoms with E-state index in [0.29, 0.717) is 5.56 Å². The molecule has 0 saturated carbocycles. The quantitative estimate of drug-likeness (QED) is 0.644. The number of nitro groups is 1. The topological polar surface area (TPSA) is 99.3 Å². The minimum Gasteiger partial charge on any atom is -0.433 e. The molecule has 128 valence electrons. The summed E-state index contributed by atoms with van der Waals surface area (Å²) in [7, 11) is 0. The van der Waals surface area contributed by atoms with Crippen molar-refractivity contribution in [2.24, 2.45) is 0 Å². The molecule has 1 heterocycles. The van der Waals surface area contributed by atoms with Crippen molar-refractivity contribution in [3.05, 3.63) is 46.3 Å². The van der Waals surface area contributed by atoms with E-state index in [1.54, 1.807) is 13.0 Å². The number of benzene rings is 1. The molecule has 0 aliphatic carbocycles. The summed E-state index contributed by atoms with van der Waals surface area (Å²) >= 11 is 0. The van der Waals surface area contributed by atoms with Crippen molar-refractivity contribution in [3.8, 4) is 5.75 Å². The number of anilines is 1. The fourth-order valence-electron chi connectivity index (χ4n) is 1.92. The first-order valence-electron chi connectivity index (χ1n) is 6.83. The third-order valence-corrected chi connectivity index (χ3v) is 3.19. The summed E-state index contributed by atoms with van der Waals surface area (Å²) in [6.07, 6.45) is 2.12. The highest BCUT2D eigenvalue weighted by Crippen LogP contribution is 2.28. The molecule has 0 fully saturated rings. The number of nitrogens with zero attached hydrogens (tertiary/aromatic N) is 3. The Hall–Kier alpha value is -3.04. The van der Waals surface area contributed by atoms with Gasteiger partial charge < -0.3 is 10.1 Å². The van der Waals surface area contributed by atoms with E-state index in [1.165, 1.54) is 19.1 Å². The maximum atomic E-state index is 12.5. The Bertz CT molecular complexity index is 763. The molecule has 10 heteroatoms. The van der Waals surface area contributed by atoms with E-state index in [9.17, 15) is 23.7 Å². The molecule has 0 bridgehead atoms. The van der Waals surface area contributed by atoms with Crippen LogP contribution in [-0.2, 0) is 4.79 Å². The number of carbonyl (C=O) groups excluding carboxylic acids is 1. The van der Waals surface area contributed by atoms with E-state index in [1.807, 2.05) is 0 Å². The molecule has 1 amide bonds. The lowest BCUT2D eigenvalue weighted by Crippen LogP contribution is -2.24. The lowest BCUT2D eigenvalue weighted by molar-refractivity contribution is -0.385. The zero-order chi connectivity index (χ0) is 17.9. The largest absolute Gasteiger partial charge is 0.433 e. The standard InChI is InChI=1S/C14H14F2N4O4/c1-8-3-4-11(12(5-8)24-14(15)16)18-13(21)9(2)19-7-10(6-17-19)20(22)23/h3-7,9,14H,1-2H3,(H,18,21). The zero-order valence-electron chi connectivity index (χ0n) is 12.8. The predicted molar refractivity (Wildman–Crippen MR) is 80.0 cm³/mol. The molecule has 0 radical (unpaired) electrons. The molecule has 1 aromatic heterocycles. The van der Waals surface area contributed by atoms with Crippen LogP contribution in [0.1, 0.15) is 18.5 Å². The first-order valence-corrected chi connectivity index (χ1v) is 6.83. The van der Waals surface area contributed by atoms with Crippen molar-refractivity contribution < 1.29 is 23.2 Å². The summed E-state index contributed by atoms with van der Waals surface area (Å²) < 4.78 is 30.4. The lowest BCUT2D eigenvalue weighted by Gasteiger charge is -2.15. The average Bonchev–Trinajstić information content (AvgIpc) is 2.98. The van der Waals surface area contributed by atoms with Crippen LogP contribution in [-0.4, -0.2) is 27.2 Å². The van der Waals surface area contributed by atoms with Crippen LogP contribution in [0.5, 0.6) is 5.75 Å². The number of hydrogen-bond acceptors (Lipinski definition) is 5. The van der Waals surface area contributed by atoms with Gasteiger partial charge in [-0.15, -0.1) is 0 Å². The molecule has 0 aliphatic rings. The third kappa shape index (κ3) is 4.03. The van der Waals surface area contributed by atoms with Crippen LogP contribution in [0.3, 0.4) is 0 Å². The minimum atomic E-state index is -3.03. The average molecular weight is 340 g/mol. The van der Waals surface area contributed by atoms with Gasteiger partial charge in [0, 0.05) is 0 Å². The Balaban J connectivity index is 2.17. The maximum Gasteiger partial charge on any atom is 0.387 e. The Labute approximate surface area is 135 Å². The van der Waals surface area contributed by atoms with Gasteiger partial charge in [-0.25, -0.2) is 0 Å². The highest BCUT2D eigenvalue weighted by molar-refractivity contribution is 5.94. The summed E-state index contributed by atoms with van der Waals surface area (Å²) in [6.45, 7) is 0.122. The van der Waals surface area contributed by atoms with Gasteiger partial charge in [0.1, 0.15) is 24.2 Å². The van der Waals surface area contributed by atoms with Crippen molar-refractivity contribution in [2.75, 3.05) is 5.32 Å². The van der Waals surface area contributed by atoms with Gasteiger partial charge in [0.15, 0.2) is 0 Å². The Kier molecular flexibility index (Phi) is 5.07. The highest BCUT2D eigenvalue weighted by atomic mass is 19.3. The zero-order valence-corrected chi connectivity index (χ0v) is 12.8. The van der Waals surface area contributed by atoms with Crippen molar-refractivity contribution in [3.63, 3.8) is 0 Å². The van der Waals surface area contributed by atoms with Crippen LogP contribution < -0.4 is 10.1 Å². The van der Waals surface area contributed by atoms with Crippen LogP contribution in [0.15, 0.2) is 30.6 Å². The predicted octanol–water partition coefficient (Wildman–Crippen LogP) is 2.90. The number of ether oxygens (including phenoxy) is 1. The maximum absolute atomic E-state index is 12.5. The molecular formula is C14H14F2N4O4. The molecule has 2 aromatic rings. The number of aryl methyl sites for hydroxylation is 1. The number of alkyl halides is 2. The molecule has 1 unspecified atom stereocenters. The van der Waals surface area contributed by atoms with Gasteiger partial charge in [0.25, 0.3) is 0 Å². The lowest BCUT2D eigenvalue weighted by atomic mass is 10.2. The van der Waals surface area contributed by atoms with Crippen molar-refractivity contribution in [1.82, 2.24) is 9.78 Å². The first-order chi connectivity index (χ1) is 11.3. The summed E-state index contributed by atoms with van der Waals surface area (Å²) in [4.78, 5) is 22.2. The number of amides is 1. The van der Waals surface area contributed by atoms with E-state index in [0.717, 1.165) is 17.1 Å². The minimum absolute atomic E-state index is 0.0689. The van der Waals surface area contributed by atoms with Crippen LogP contribution in [0.2, 0.25) is 0 Å². The van der Waals surface area contributed by atoms with Gasteiger partial charge in [-0.2, -0.15) is 13.9 Å². The Morgan fingerprint density at radius 2 is 2.17 bits per heavy atom. The summed E-state index contributed by atoms with van der Waals surface area (Å²) in [5.41, 5.74) is 0.491. The van der Waals surface area contributed by atoms with E-state index in [-0.39, 0.29) is 17.1 Å². The summed E-state index contributed by atoms with van der Waals surface area (Å²) in [5, 5.41) is 16.8. The summed E-state index contributed by atoms with van der Waals surface area (Å²) in [5.74, 6) is -0.757. The smallest absolute Gasteiger partial charge is 0.387 e. The van der Waals surface area contributed by atoms with Gasteiger partial charge in [0.05, 0.1) is 10.6 Å². The second kappa shape index (κ2) is 7.02. The molecule has 0 aliphatic heterocycles. The SMILES string of the molecule is Cc1ccc(NC(=O)C(C)n2cc([N+](=O)[O-])cn2)c(OC(F)F)c1. The van der Waals surface area contributed by atoms with Crippen molar-refractivity contribution >= 4 is 17.3 Å². The van der Waals surface area contributed by atoms with Crippen molar-refractivity contribution in [2.45, 2.75) is 26.5 Å². The number of nitrogens with one attached hydrogen (secondary N) is 1. The molecule has 1 aromatic carbocycles. The first kappa shape index (κ1) is 17.3. The van der Waals surface area contributed by atoms with Crippen LogP contribution in [0.4, 0.5) is 20.2 Å². The highest BCUT2D eigenvalue weighted by Gasteiger charge is 2.21. The van der Waals surface area contributed by atoms with Crippen LogP contribution in [0, 0.1) is 17.0 Å². The van der Waals surface area contributed by atoms with Crippen LogP contribution in [0.25, 0.3) is 0 Å². The molecule has 1 N–H and O–H groups in total. The fraction of sp³-hybridized carbons (Fsp3) is 0.286. The van der Waals surface area contributed by atoms with E-state index in [2.05, 4.69) is 15.2 Å². The molecular weight excluding hydrogens is 326 g/mol. The number of aromatic nitrogens is 2. The van der Waals surface area contributed by atoms with Gasteiger partial charge in [0.2, 0.25) is 5.91 Å². The third-order valence-electron chi connectivity index (χ3n) is 3.19. The second-order valence-electron chi connectivity index (χ2n) is 4.98. The molecule has 0 saturated heterocycles. The van der Waals surface area contributed by atoms with Crippen molar-refractivity contribution in [1.29, 1.82) is 0 Å². The Morgan fingerprint density at radius 1 is 1.46 bits per heavy atom. The number of rotatable bonds is 6. The fourth-order valence-corrected chi connectivity index (χ4v) is 1.92. The van der Waals surface area contributed by atoms with E-state index in [4.69, 9.17) is 0 Å². The van der Waals surface area contributed by atoms with Gasteiger partial charge >= 0.3 is 12.3 Å². The van der Waals surface area contributed by atoms with Gasteiger partial charge in [-0.3, -0.25) is 19.6 Å². The normalized spacial score (nSPS) is 12.0. The second-order valence-corrected chi connectivity index (χ2v) is 4.98. The summed E-state index contributed by atoms with van der Waals surface area (Å²) in [6, 6.07) is 3.53. The van der Waals surface area contributed by atoms with E-state index < -0.39 is 23.5 Å². The molecule has 1 atom stereocenters. The number of hydrogen-bond donors (Lipinski definition) is 1. The molecule has 8 nitrogen and oxygen atoms in total. The Morgan fingerprint density at radius 3 is 2.75 bits per heavy atom. The molecule has 2 rings (SSSR count). The molecule has 24 heavy (non-hydrogen) atoms. The molecule has 0 spiro atoms.